The molecule has 0 radical (unpaired) electrons. The summed E-state index contributed by atoms with van der Waals surface area (Å²) in [4.78, 5) is 171. The molecule has 18 N–H and O–H groups in total. The van der Waals surface area contributed by atoms with E-state index in [-0.39, 0.29) is 73.1 Å². The molecule has 1 fully saturated rings. The smallest absolute Gasteiger partial charge is 0.246 e. The molecule has 1 saturated heterocycles. The summed E-state index contributed by atoms with van der Waals surface area (Å²) in [6.07, 6.45) is -1.00. The molecule has 13 amide bonds. The number of hydrogen-bond acceptors (Lipinski definition) is 17. The second-order valence-corrected chi connectivity index (χ2v) is 21.4. The number of benzene rings is 1. The zero-order chi connectivity index (χ0) is 59.5. The van der Waals surface area contributed by atoms with Gasteiger partial charge in [-0.05, 0) is 55.2 Å². The number of carbonyl (C=O) groups excluding carboxylic acids is 13. The van der Waals surface area contributed by atoms with E-state index in [0.29, 0.717) is 12.0 Å². The topological polar surface area (TPSA) is 458 Å². The Bertz CT molecular complexity index is 2330. The molecule has 0 aromatic heterocycles. The highest BCUT2D eigenvalue weighted by Crippen LogP contribution is 2.21. The van der Waals surface area contributed by atoms with Gasteiger partial charge in [-0.25, -0.2) is 0 Å². The molecule has 1 aliphatic heterocycles. The van der Waals surface area contributed by atoms with Crippen LogP contribution in [0.25, 0.3) is 0 Å². The van der Waals surface area contributed by atoms with Crippen LogP contribution in [0.15, 0.2) is 24.3 Å². The SMILES string of the molecule is CC[C@H](C)[C@H](NC(=O)[C@H](Cc1ccc(O)cc1)NC(=O)[C@@H](N)CSCNC(C)=O)C(=O)N[C@@H](CCC(N)=O)C(=O)N[C@@H](CC(N)=O)C(=O)N[C@@H](CSCNC(C)=O)C(=O)N1CCC[C@H]1C(=O)N[C@@H](CC(C)C)C(=O)NCC(N)=O. The minimum Gasteiger partial charge on any atom is -0.508 e. The van der Waals surface area contributed by atoms with Gasteiger partial charge in [-0.3, -0.25) is 62.3 Å². The maximum Gasteiger partial charge on any atom is 0.246 e. The lowest BCUT2D eigenvalue weighted by Crippen LogP contribution is -2.61. The number of phenolic OH excluding ortho intramolecular Hbond substituents is 1. The Morgan fingerprint density at radius 1 is 0.646 bits per heavy atom. The number of nitrogens with one attached hydrogen (secondary N) is 9. The van der Waals surface area contributed by atoms with E-state index in [1.807, 2.05) is 0 Å². The molecule has 440 valence electrons. The van der Waals surface area contributed by atoms with Gasteiger partial charge >= 0.3 is 0 Å². The van der Waals surface area contributed by atoms with Gasteiger partial charge in [0.25, 0.3) is 0 Å². The molecule has 0 spiro atoms. The molecular weight excluding hydrogens is 1070 g/mol. The fourth-order valence-electron chi connectivity index (χ4n) is 7.77. The van der Waals surface area contributed by atoms with Gasteiger partial charge in [0.2, 0.25) is 76.8 Å². The minimum absolute atomic E-state index is 0.0276. The highest BCUT2D eigenvalue weighted by molar-refractivity contribution is 7.99. The molecule has 1 heterocycles. The lowest BCUT2D eigenvalue weighted by Gasteiger charge is -2.31. The lowest BCUT2D eigenvalue weighted by atomic mass is 9.96. The molecule has 0 bridgehead atoms. The first-order valence-electron chi connectivity index (χ1n) is 25.6. The number of hydrogen-bond donors (Lipinski definition) is 14. The first-order valence-corrected chi connectivity index (χ1v) is 27.9. The first-order chi connectivity index (χ1) is 37.1. The summed E-state index contributed by atoms with van der Waals surface area (Å²) in [6, 6.07) is -5.36. The van der Waals surface area contributed by atoms with E-state index in [4.69, 9.17) is 22.9 Å². The average molecular weight is 1150 g/mol. The first kappa shape index (κ1) is 67.9. The number of nitrogens with zero attached hydrogens (tertiary/aromatic N) is 1. The van der Waals surface area contributed by atoms with E-state index in [9.17, 15) is 67.4 Å². The van der Waals surface area contributed by atoms with Crippen molar-refractivity contribution in [2.45, 2.75) is 141 Å². The largest absolute Gasteiger partial charge is 0.508 e. The summed E-state index contributed by atoms with van der Waals surface area (Å²) in [5.41, 5.74) is 22.8. The highest BCUT2D eigenvalue weighted by atomic mass is 32.2. The van der Waals surface area contributed by atoms with Crippen LogP contribution in [-0.2, 0) is 68.7 Å². The monoisotopic (exact) mass is 1150 g/mol. The highest BCUT2D eigenvalue weighted by Gasteiger charge is 2.41. The molecule has 0 unspecified atom stereocenters. The fourth-order valence-corrected chi connectivity index (χ4v) is 9.49. The molecule has 79 heavy (non-hydrogen) atoms. The molecule has 30 heteroatoms. The summed E-state index contributed by atoms with van der Waals surface area (Å²) >= 11 is 2.16. The van der Waals surface area contributed by atoms with Crippen molar-refractivity contribution in [1.29, 1.82) is 0 Å². The van der Waals surface area contributed by atoms with Crippen LogP contribution in [0.1, 0.15) is 92.1 Å². The van der Waals surface area contributed by atoms with Gasteiger partial charge in [-0.15, -0.1) is 23.5 Å². The van der Waals surface area contributed by atoms with Crippen LogP contribution < -0.4 is 70.8 Å². The Morgan fingerprint density at radius 3 is 1.76 bits per heavy atom. The predicted molar refractivity (Wildman–Crippen MR) is 292 cm³/mol. The Hall–Kier alpha value is -7.21. The number of primary amides is 3. The number of thioether (sulfide) groups is 2. The summed E-state index contributed by atoms with van der Waals surface area (Å²) in [5, 5.41) is 32.7. The molecule has 0 aliphatic carbocycles. The molecule has 1 aromatic carbocycles. The van der Waals surface area contributed by atoms with Crippen molar-refractivity contribution >= 4 is 100 Å². The van der Waals surface area contributed by atoms with Gasteiger partial charge < -0.3 is 80.8 Å². The molecule has 2 rings (SSSR count). The van der Waals surface area contributed by atoms with Crippen LogP contribution in [0, 0.1) is 11.8 Å². The fraction of sp³-hybridized carbons (Fsp3) is 0.612. The summed E-state index contributed by atoms with van der Waals surface area (Å²) < 4.78 is 0. The summed E-state index contributed by atoms with van der Waals surface area (Å²) in [7, 11) is 0. The van der Waals surface area contributed by atoms with Crippen molar-refractivity contribution in [3.63, 3.8) is 0 Å². The quantitative estimate of drug-likeness (QED) is 0.0226. The molecule has 28 nitrogen and oxygen atoms in total. The van der Waals surface area contributed by atoms with Crippen molar-refractivity contribution in [1.82, 2.24) is 52.8 Å². The van der Waals surface area contributed by atoms with Crippen molar-refractivity contribution in [3.8, 4) is 5.75 Å². The standard InChI is InChI=1S/C49H78N14O14S2/c1-7-26(4)41(62-46(74)34(18-29-10-12-30(66)13-11-29)58-42(70)31(50)21-78-23-55-27(5)64)48(76)57-32(14-15-38(51)67)44(72)59-35(19-39(52)68)45(73)61-36(22-79-24-56-28(6)65)49(77)63-16-8-9-37(63)47(75)60-33(17-25(2)3)43(71)54-20-40(53)69/h10-13,25-26,31-37,41,66H,7-9,14-24,50H2,1-6H3,(H2,51,67)(H2,52,68)(H2,53,69)(H,54,71)(H,55,64)(H,56,65)(H,57,76)(H,58,70)(H,59,72)(H,60,75)(H,61,73)(H,62,74)/t26-,31-,32-,33-,34-,35-,36-,37-,41-/m0/s1. The van der Waals surface area contributed by atoms with Crippen LogP contribution in [0.3, 0.4) is 0 Å². The van der Waals surface area contributed by atoms with E-state index in [2.05, 4.69) is 47.9 Å². The van der Waals surface area contributed by atoms with Crippen molar-refractivity contribution in [2.75, 3.05) is 36.3 Å². The third-order valence-electron chi connectivity index (χ3n) is 12.1. The Balaban J connectivity index is 2.46. The number of amides is 13. The lowest BCUT2D eigenvalue weighted by molar-refractivity contribution is -0.142. The third-order valence-corrected chi connectivity index (χ3v) is 14.0. The van der Waals surface area contributed by atoms with E-state index in [1.54, 1.807) is 27.7 Å². The number of aromatic hydroxyl groups is 1. The normalized spacial score (nSPS) is 15.9. The van der Waals surface area contributed by atoms with Crippen molar-refractivity contribution < 1.29 is 67.4 Å². The van der Waals surface area contributed by atoms with E-state index < -0.39 is 151 Å². The number of likely N-dealkylation sites (tertiary alicyclic amines) is 1. The maximum atomic E-state index is 14.4. The predicted octanol–water partition coefficient (Wildman–Crippen LogP) is -4.35. The van der Waals surface area contributed by atoms with Gasteiger partial charge in [0.05, 0.1) is 30.8 Å². The van der Waals surface area contributed by atoms with Gasteiger partial charge in [-0.1, -0.05) is 46.2 Å². The zero-order valence-electron chi connectivity index (χ0n) is 45.3. The Morgan fingerprint density at radius 2 is 1.20 bits per heavy atom. The van der Waals surface area contributed by atoms with Crippen LogP contribution >= 0.6 is 23.5 Å². The van der Waals surface area contributed by atoms with Gasteiger partial charge in [0.15, 0.2) is 0 Å². The van der Waals surface area contributed by atoms with Crippen molar-refractivity contribution in [3.05, 3.63) is 29.8 Å². The number of carbonyl (C=O) groups is 13. The Labute approximate surface area is 466 Å². The molecule has 9 atom stereocenters. The third kappa shape index (κ3) is 25.4. The average Bonchev–Trinajstić information content (AvgIpc) is 3.88. The van der Waals surface area contributed by atoms with Crippen LogP contribution in [0.4, 0.5) is 0 Å². The summed E-state index contributed by atoms with van der Waals surface area (Å²) in [5.74, 6) is -11.3. The van der Waals surface area contributed by atoms with Gasteiger partial charge in [0.1, 0.15) is 48.0 Å². The molecular formula is C49H78N14O14S2. The van der Waals surface area contributed by atoms with E-state index in [0.717, 1.165) is 23.5 Å². The number of rotatable bonds is 35. The zero-order valence-corrected chi connectivity index (χ0v) is 46.9. The van der Waals surface area contributed by atoms with Crippen LogP contribution in [-0.4, -0.2) is 171 Å². The molecule has 1 aliphatic rings. The van der Waals surface area contributed by atoms with Crippen LogP contribution in [0.2, 0.25) is 0 Å². The van der Waals surface area contributed by atoms with E-state index >= 15 is 0 Å². The second-order valence-electron chi connectivity index (χ2n) is 19.3. The Kier molecular flexibility index (Phi) is 29.8. The maximum absolute atomic E-state index is 14.4. The second kappa shape index (κ2) is 34.6. The van der Waals surface area contributed by atoms with Gasteiger partial charge in [-0.2, -0.15) is 0 Å². The number of nitrogens with two attached hydrogens (primary N) is 4. The minimum atomic E-state index is -1.83. The van der Waals surface area contributed by atoms with Gasteiger partial charge in [0, 0.05) is 44.7 Å². The molecule has 0 saturated carbocycles. The van der Waals surface area contributed by atoms with Crippen molar-refractivity contribution in [2.24, 2.45) is 34.8 Å². The van der Waals surface area contributed by atoms with Crippen LogP contribution in [0.5, 0.6) is 5.75 Å². The summed E-state index contributed by atoms with van der Waals surface area (Å²) in [6.45, 7) is 9.07. The number of phenols is 1. The van der Waals surface area contributed by atoms with E-state index in [1.165, 1.54) is 43.0 Å². The molecule has 1 aromatic rings.